The summed E-state index contributed by atoms with van der Waals surface area (Å²) in [5.41, 5.74) is 4.52. The molecule has 1 aliphatic carbocycles. The van der Waals surface area contributed by atoms with Crippen molar-refractivity contribution in [3.63, 3.8) is 0 Å². The summed E-state index contributed by atoms with van der Waals surface area (Å²) >= 11 is 0. The Hall–Kier alpha value is -3.35. The van der Waals surface area contributed by atoms with E-state index in [1.807, 2.05) is 64.1 Å². The molecule has 0 radical (unpaired) electrons. The highest BCUT2D eigenvalue weighted by Crippen LogP contribution is 2.44. The average Bonchev–Trinajstić information content (AvgIpc) is 3.13. The molecule has 7 heteroatoms. The van der Waals surface area contributed by atoms with Crippen molar-refractivity contribution in [2.24, 2.45) is 11.8 Å². The van der Waals surface area contributed by atoms with Crippen molar-refractivity contribution < 1.29 is 23.9 Å². The number of esters is 1. The number of methoxy groups -OCH3 is 1. The Labute approximate surface area is 201 Å². The molecular formula is C27H34N2O5. The van der Waals surface area contributed by atoms with Crippen LogP contribution in [0, 0.1) is 11.8 Å². The van der Waals surface area contributed by atoms with Crippen LogP contribution in [0.1, 0.15) is 51.2 Å². The number of alkyl carbamates (subject to hydrolysis) is 1. The summed E-state index contributed by atoms with van der Waals surface area (Å²) in [5.74, 6) is -1.06. The molecule has 2 aromatic rings. The van der Waals surface area contributed by atoms with E-state index in [9.17, 15) is 14.4 Å². The Morgan fingerprint density at radius 1 is 0.882 bits per heavy atom. The molecule has 0 aliphatic heterocycles. The van der Waals surface area contributed by atoms with Crippen molar-refractivity contribution in [3.8, 4) is 11.1 Å². The number of benzene rings is 2. The van der Waals surface area contributed by atoms with Gasteiger partial charge in [-0.2, -0.15) is 0 Å². The molecule has 2 N–H and O–H groups in total. The van der Waals surface area contributed by atoms with Gasteiger partial charge in [0.25, 0.3) is 0 Å². The predicted molar refractivity (Wildman–Crippen MR) is 130 cm³/mol. The van der Waals surface area contributed by atoms with Crippen LogP contribution in [0.4, 0.5) is 4.79 Å². The van der Waals surface area contributed by atoms with Gasteiger partial charge in [0, 0.05) is 5.92 Å². The van der Waals surface area contributed by atoms with E-state index in [0.29, 0.717) is 6.42 Å². The van der Waals surface area contributed by atoms with Gasteiger partial charge in [0.2, 0.25) is 5.91 Å². The van der Waals surface area contributed by atoms with Gasteiger partial charge in [-0.05, 0) is 40.5 Å². The summed E-state index contributed by atoms with van der Waals surface area (Å²) in [5, 5.41) is 5.40. The standard InChI is InChI=1S/C27H34N2O5/c1-16(2)14-23(26(31)33-5)28-25(30)24(17(3)4)29-27(32)34-15-22-20-12-8-6-10-18(20)19-11-7-9-13-21(19)22/h6-13,16-17,22-24H,14-15H2,1-5H3,(H,28,30)(H,29,32)/t23-,24-/m0/s1. The molecule has 0 saturated heterocycles. The van der Waals surface area contributed by atoms with Crippen LogP contribution in [-0.4, -0.2) is 43.8 Å². The van der Waals surface area contributed by atoms with Crippen LogP contribution in [0.15, 0.2) is 48.5 Å². The van der Waals surface area contributed by atoms with Crippen molar-refractivity contribution in [2.45, 2.75) is 52.1 Å². The third kappa shape index (κ3) is 5.76. The lowest BCUT2D eigenvalue weighted by Crippen LogP contribution is -2.54. The molecule has 2 atom stereocenters. The first-order valence-corrected chi connectivity index (χ1v) is 11.7. The Bertz CT molecular complexity index is 988. The first-order chi connectivity index (χ1) is 16.2. The fraction of sp³-hybridized carbons (Fsp3) is 0.444. The summed E-state index contributed by atoms with van der Waals surface area (Å²) in [6, 6.07) is 14.6. The Morgan fingerprint density at radius 2 is 1.44 bits per heavy atom. The quantitative estimate of drug-likeness (QED) is 0.539. The lowest BCUT2D eigenvalue weighted by Gasteiger charge is -2.25. The fourth-order valence-corrected chi connectivity index (χ4v) is 4.39. The first kappa shape index (κ1) is 25.3. The van der Waals surface area contributed by atoms with Gasteiger partial charge in [-0.25, -0.2) is 9.59 Å². The second kappa shape index (κ2) is 11.2. The van der Waals surface area contributed by atoms with E-state index in [2.05, 4.69) is 22.8 Å². The highest BCUT2D eigenvalue weighted by atomic mass is 16.5. The molecule has 0 saturated carbocycles. The SMILES string of the molecule is COC(=O)[C@H](CC(C)C)NC(=O)[C@@H](NC(=O)OCC1c2ccccc2-c2ccccc21)C(C)C. The highest BCUT2D eigenvalue weighted by Gasteiger charge is 2.32. The minimum absolute atomic E-state index is 0.0702. The topological polar surface area (TPSA) is 93.7 Å². The van der Waals surface area contributed by atoms with Gasteiger partial charge in [-0.3, -0.25) is 4.79 Å². The largest absolute Gasteiger partial charge is 0.467 e. The molecule has 34 heavy (non-hydrogen) atoms. The Kier molecular flexibility index (Phi) is 8.31. The lowest BCUT2D eigenvalue weighted by atomic mass is 9.98. The van der Waals surface area contributed by atoms with Crippen molar-refractivity contribution >= 4 is 18.0 Å². The molecule has 2 aromatic carbocycles. The monoisotopic (exact) mass is 466 g/mol. The first-order valence-electron chi connectivity index (χ1n) is 11.7. The van der Waals surface area contributed by atoms with E-state index in [4.69, 9.17) is 9.47 Å². The van der Waals surface area contributed by atoms with E-state index >= 15 is 0 Å². The summed E-state index contributed by atoms with van der Waals surface area (Å²) in [7, 11) is 1.29. The van der Waals surface area contributed by atoms with E-state index < -0.39 is 30.1 Å². The summed E-state index contributed by atoms with van der Waals surface area (Å²) in [6.07, 6.45) is -0.233. The van der Waals surface area contributed by atoms with Crippen LogP contribution in [-0.2, 0) is 19.1 Å². The summed E-state index contributed by atoms with van der Waals surface area (Å²) in [4.78, 5) is 37.7. The van der Waals surface area contributed by atoms with E-state index in [1.54, 1.807) is 0 Å². The van der Waals surface area contributed by atoms with Crippen LogP contribution in [0.5, 0.6) is 0 Å². The molecule has 0 aromatic heterocycles. The van der Waals surface area contributed by atoms with Gasteiger partial charge < -0.3 is 20.1 Å². The number of nitrogens with one attached hydrogen (secondary N) is 2. The number of carbonyl (C=O) groups excluding carboxylic acids is 3. The van der Waals surface area contributed by atoms with Gasteiger partial charge in [0.05, 0.1) is 7.11 Å². The van der Waals surface area contributed by atoms with Gasteiger partial charge >= 0.3 is 12.1 Å². The number of rotatable bonds is 9. The van der Waals surface area contributed by atoms with Gasteiger partial charge in [-0.15, -0.1) is 0 Å². The molecule has 7 nitrogen and oxygen atoms in total. The molecule has 0 spiro atoms. The van der Waals surface area contributed by atoms with Crippen molar-refractivity contribution in [2.75, 3.05) is 13.7 Å². The zero-order chi connectivity index (χ0) is 24.8. The zero-order valence-corrected chi connectivity index (χ0v) is 20.5. The average molecular weight is 467 g/mol. The number of hydrogen-bond donors (Lipinski definition) is 2. The van der Waals surface area contributed by atoms with Crippen LogP contribution in [0.3, 0.4) is 0 Å². The lowest BCUT2D eigenvalue weighted by molar-refractivity contribution is -0.145. The van der Waals surface area contributed by atoms with Crippen LogP contribution >= 0.6 is 0 Å². The maximum absolute atomic E-state index is 12.9. The fourth-order valence-electron chi connectivity index (χ4n) is 4.39. The molecule has 3 rings (SSSR count). The summed E-state index contributed by atoms with van der Waals surface area (Å²) < 4.78 is 10.4. The molecule has 182 valence electrons. The maximum atomic E-state index is 12.9. The van der Waals surface area contributed by atoms with E-state index in [-0.39, 0.29) is 24.4 Å². The molecule has 0 heterocycles. The minimum atomic E-state index is -0.852. The molecule has 0 fully saturated rings. The summed E-state index contributed by atoms with van der Waals surface area (Å²) in [6.45, 7) is 7.71. The molecule has 1 aliphatic rings. The maximum Gasteiger partial charge on any atom is 0.407 e. The Balaban J connectivity index is 1.65. The number of fused-ring (bicyclic) bond motifs is 3. The minimum Gasteiger partial charge on any atom is -0.467 e. The molecular weight excluding hydrogens is 432 g/mol. The number of carbonyl (C=O) groups is 3. The number of amides is 2. The zero-order valence-electron chi connectivity index (χ0n) is 20.5. The van der Waals surface area contributed by atoms with Gasteiger partial charge in [0.1, 0.15) is 18.7 Å². The predicted octanol–water partition coefficient (Wildman–Crippen LogP) is 4.25. The van der Waals surface area contributed by atoms with Crippen LogP contribution in [0.25, 0.3) is 11.1 Å². The second-order valence-corrected chi connectivity index (χ2v) is 9.41. The van der Waals surface area contributed by atoms with E-state index in [1.165, 1.54) is 7.11 Å². The van der Waals surface area contributed by atoms with Gasteiger partial charge in [-0.1, -0.05) is 76.2 Å². The molecule has 0 unspecified atom stereocenters. The normalized spacial score (nSPS) is 14.2. The van der Waals surface area contributed by atoms with Crippen molar-refractivity contribution in [1.29, 1.82) is 0 Å². The third-order valence-electron chi connectivity index (χ3n) is 6.08. The molecule has 0 bridgehead atoms. The third-order valence-corrected chi connectivity index (χ3v) is 6.08. The van der Waals surface area contributed by atoms with E-state index in [0.717, 1.165) is 22.3 Å². The van der Waals surface area contributed by atoms with Crippen LogP contribution in [0.2, 0.25) is 0 Å². The number of hydrogen-bond acceptors (Lipinski definition) is 5. The van der Waals surface area contributed by atoms with Crippen molar-refractivity contribution in [3.05, 3.63) is 59.7 Å². The number of ether oxygens (including phenoxy) is 2. The van der Waals surface area contributed by atoms with Crippen molar-refractivity contribution in [1.82, 2.24) is 10.6 Å². The smallest absolute Gasteiger partial charge is 0.407 e. The van der Waals surface area contributed by atoms with Crippen LogP contribution < -0.4 is 10.6 Å². The highest BCUT2D eigenvalue weighted by molar-refractivity contribution is 5.90. The van der Waals surface area contributed by atoms with Gasteiger partial charge in [0.15, 0.2) is 0 Å². The Morgan fingerprint density at radius 3 is 1.94 bits per heavy atom. The second-order valence-electron chi connectivity index (χ2n) is 9.41. The molecule has 2 amide bonds.